The highest BCUT2D eigenvalue weighted by molar-refractivity contribution is 5.54. The van der Waals surface area contributed by atoms with Crippen LogP contribution in [0.25, 0.3) is 0 Å². The second-order valence-electron chi connectivity index (χ2n) is 2.94. The largest absolute Gasteiger partial charge is 0.381 e. The van der Waals surface area contributed by atoms with Crippen LogP contribution in [0, 0.1) is 0 Å². The number of nitrogen functional groups attached to an aromatic ring is 1. The van der Waals surface area contributed by atoms with Crippen molar-refractivity contribution < 1.29 is 4.74 Å². The topological polar surface area (TPSA) is 73.1 Å². The van der Waals surface area contributed by atoms with E-state index in [9.17, 15) is 0 Å². The van der Waals surface area contributed by atoms with Crippen molar-refractivity contribution in [3.63, 3.8) is 0 Å². The molecule has 1 rings (SSSR count). The van der Waals surface area contributed by atoms with Gasteiger partial charge in [-0.25, -0.2) is 9.97 Å². The first-order valence-corrected chi connectivity index (χ1v) is 4.66. The normalized spacial score (nSPS) is 12.4. The Morgan fingerprint density at radius 1 is 1.50 bits per heavy atom. The minimum Gasteiger partial charge on any atom is -0.381 e. The summed E-state index contributed by atoms with van der Waals surface area (Å²) in [5.74, 6) is 1.02. The van der Waals surface area contributed by atoms with Crippen molar-refractivity contribution in [1.82, 2.24) is 9.97 Å². The molecule has 0 amide bonds. The number of rotatable bonds is 5. The van der Waals surface area contributed by atoms with Gasteiger partial charge in [0.15, 0.2) is 11.6 Å². The van der Waals surface area contributed by atoms with E-state index in [0.717, 1.165) is 0 Å². The number of ether oxygens (including phenoxy) is 1. The second kappa shape index (κ2) is 5.39. The summed E-state index contributed by atoms with van der Waals surface area (Å²) in [7, 11) is 0. The van der Waals surface area contributed by atoms with Gasteiger partial charge in [0.25, 0.3) is 0 Å². The lowest BCUT2D eigenvalue weighted by molar-refractivity contribution is 0.0855. The first-order valence-electron chi connectivity index (χ1n) is 4.66. The monoisotopic (exact) mass is 196 g/mol. The molecule has 5 nitrogen and oxygen atoms in total. The number of nitrogens with two attached hydrogens (primary N) is 1. The SMILES string of the molecule is CCOC(C)CNc1nccnc1N. The Kier molecular flexibility index (Phi) is 4.12. The van der Waals surface area contributed by atoms with Crippen LogP contribution in [0.5, 0.6) is 0 Å². The Bertz CT molecular complexity index is 279. The van der Waals surface area contributed by atoms with Crippen LogP contribution in [0.15, 0.2) is 12.4 Å². The number of aromatic nitrogens is 2. The van der Waals surface area contributed by atoms with Gasteiger partial charge in [0.1, 0.15) is 0 Å². The zero-order valence-corrected chi connectivity index (χ0v) is 8.53. The zero-order chi connectivity index (χ0) is 10.4. The summed E-state index contributed by atoms with van der Waals surface area (Å²) in [6, 6.07) is 0. The van der Waals surface area contributed by atoms with Crippen LogP contribution in [-0.4, -0.2) is 29.2 Å². The molecule has 1 atom stereocenters. The molecule has 78 valence electrons. The predicted molar refractivity (Wildman–Crippen MR) is 56.0 cm³/mol. The molecule has 0 aromatic carbocycles. The number of hydrogen-bond donors (Lipinski definition) is 2. The van der Waals surface area contributed by atoms with Crippen LogP contribution >= 0.6 is 0 Å². The molecule has 0 aliphatic carbocycles. The highest BCUT2D eigenvalue weighted by Crippen LogP contribution is 2.09. The molecule has 3 N–H and O–H groups in total. The smallest absolute Gasteiger partial charge is 0.169 e. The van der Waals surface area contributed by atoms with E-state index in [1.807, 2.05) is 13.8 Å². The third-order valence-corrected chi connectivity index (χ3v) is 1.73. The molecule has 1 heterocycles. The Morgan fingerprint density at radius 3 is 2.86 bits per heavy atom. The van der Waals surface area contributed by atoms with Gasteiger partial charge < -0.3 is 15.8 Å². The molecule has 1 unspecified atom stereocenters. The molecule has 0 fully saturated rings. The average molecular weight is 196 g/mol. The van der Waals surface area contributed by atoms with Crippen molar-refractivity contribution in [2.75, 3.05) is 24.2 Å². The van der Waals surface area contributed by atoms with E-state index in [1.54, 1.807) is 12.4 Å². The summed E-state index contributed by atoms with van der Waals surface area (Å²) in [5.41, 5.74) is 5.60. The van der Waals surface area contributed by atoms with E-state index in [-0.39, 0.29) is 6.10 Å². The molecule has 1 aromatic rings. The Hall–Kier alpha value is -1.36. The maximum Gasteiger partial charge on any atom is 0.169 e. The molecule has 0 saturated carbocycles. The van der Waals surface area contributed by atoms with Crippen molar-refractivity contribution in [2.45, 2.75) is 20.0 Å². The van der Waals surface area contributed by atoms with E-state index >= 15 is 0 Å². The third kappa shape index (κ3) is 3.18. The Labute approximate surface area is 83.7 Å². The molecule has 0 radical (unpaired) electrons. The van der Waals surface area contributed by atoms with Crippen molar-refractivity contribution in [3.05, 3.63) is 12.4 Å². The van der Waals surface area contributed by atoms with Crippen LogP contribution in [0.1, 0.15) is 13.8 Å². The number of nitrogens with one attached hydrogen (secondary N) is 1. The van der Waals surface area contributed by atoms with Crippen LogP contribution in [0.3, 0.4) is 0 Å². The molecular formula is C9H16N4O. The van der Waals surface area contributed by atoms with Gasteiger partial charge in [-0.1, -0.05) is 0 Å². The van der Waals surface area contributed by atoms with Gasteiger partial charge >= 0.3 is 0 Å². The molecule has 0 saturated heterocycles. The predicted octanol–water partition coefficient (Wildman–Crippen LogP) is 0.896. The first-order chi connectivity index (χ1) is 6.74. The van der Waals surface area contributed by atoms with Crippen LogP contribution < -0.4 is 11.1 Å². The quantitative estimate of drug-likeness (QED) is 0.731. The van der Waals surface area contributed by atoms with Crippen molar-refractivity contribution in [1.29, 1.82) is 0 Å². The summed E-state index contributed by atoms with van der Waals surface area (Å²) in [6.45, 7) is 5.34. The van der Waals surface area contributed by atoms with Crippen LogP contribution in [0.4, 0.5) is 11.6 Å². The molecule has 14 heavy (non-hydrogen) atoms. The van der Waals surface area contributed by atoms with Crippen molar-refractivity contribution >= 4 is 11.6 Å². The minimum atomic E-state index is 0.140. The van der Waals surface area contributed by atoms with Crippen LogP contribution in [0.2, 0.25) is 0 Å². The molecule has 5 heteroatoms. The highest BCUT2D eigenvalue weighted by atomic mass is 16.5. The lowest BCUT2D eigenvalue weighted by Crippen LogP contribution is -2.20. The second-order valence-corrected chi connectivity index (χ2v) is 2.94. The summed E-state index contributed by atoms with van der Waals surface area (Å²) in [5, 5.41) is 3.07. The number of hydrogen-bond acceptors (Lipinski definition) is 5. The van der Waals surface area contributed by atoms with Gasteiger partial charge in [-0.3, -0.25) is 0 Å². The maximum absolute atomic E-state index is 5.60. The molecule has 0 spiro atoms. The fourth-order valence-electron chi connectivity index (χ4n) is 1.07. The van der Waals surface area contributed by atoms with Gasteiger partial charge in [0.05, 0.1) is 6.10 Å². The average Bonchev–Trinajstić information content (AvgIpc) is 2.17. The molecule has 0 bridgehead atoms. The fraction of sp³-hybridized carbons (Fsp3) is 0.556. The zero-order valence-electron chi connectivity index (χ0n) is 8.53. The fourth-order valence-corrected chi connectivity index (χ4v) is 1.07. The Morgan fingerprint density at radius 2 is 2.21 bits per heavy atom. The molecule has 0 aliphatic heterocycles. The summed E-state index contributed by atoms with van der Waals surface area (Å²) >= 11 is 0. The standard InChI is InChI=1S/C9H16N4O/c1-3-14-7(2)6-13-9-8(10)11-4-5-12-9/h4-5,7H,3,6H2,1-2H3,(H2,10,11)(H,12,13). The number of anilines is 2. The lowest BCUT2D eigenvalue weighted by atomic mass is 10.4. The highest BCUT2D eigenvalue weighted by Gasteiger charge is 2.03. The molecule has 0 aliphatic rings. The van der Waals surface area contributed by atoms with Gasteiger partial charge in [-0.2, -0.15) is 0 Å². The van der Waals surface area contributed by atoms with Gasteiger partial charge in [0.2, 0.25) is 0 Å². The summed E-state index contributed by atoms with van der Waals surface area (Å²) < 4.78 is 5.35. The van der Waals surface area contributed by atoms with Crippen LogP contribution in [-0.2, 0) is 4.74 Å². The number of nitrogens with zero attached hydrogens (tertiary/aromatic N) is 2. The Balaban J connectivity index is 2.41. The van der Waals surface area contributed by atoms with Gasteiger partial charge in [-0.15, -0.1) is 0 Å². The third-order valence-electron chi connectivity index (χ3n) is 1.73. The van der Waals surface area contributed by atoms with E-state index in [0.29, 0.717) is 24.8 Å². The van der Waals surface area contributed by atoms with Crippen molar-refractivity contribution in [3.8, 4) is 0 Å². The first kappa shape index (κ1) is 10.7. The van der Waals surface area contributed by atoms with Crippen molar-refractivity contribution in [2.24, 2.45) is 0 Å². The van der Waals surface area contributed by atoms with E-state index < -0.39 is 0 Å². The summed E-state index contributed by atoms with van der Waals surface area (Å²) in [4.78, 5) is 7.97. The molecular weight excluding hydrogens is 180 g/mol. The minimum absolute atomic E-state index is 0.140. The molecule has 1 aromatic heterocycles. The lowest BCUT2D eigenvalue weighted by Gasteiger charge is -2.13. The maximum atomic E-state index is 5.60. The summed E-state index contributed by atoms with van der Waals surface area (Å²) in [6.07, 6.45) is 3.30. The van der Waals surface area contributed by atoms with E-state index in [1.165, 1.54) is 0 Å². The van der Waals surface area contributed by atoms with E-state index in [4.69, 9.17) is 10.5 Å². The van der Waals surface area contributed by atoms with Gasteiger partial charge in [-0.05, 0) is 13.8 Å². The van der Waals surface area contributed by atoms with E-state index in [2.05, 4.69) is 15.3 Å². The van der Waals surface area contributed by atoms with Gasteiger partial charge in [0, 0.05) is 25.5 Å².